The molecule has 0 bridgehead atoms. The molecule has 3 nitrogen and oxygen atoms in total. The standard InChI is InChI=1S/C22H29N3/c1-16-14-17-6-4-5-7-18(17)15-20(16)21(23)8-11-22(2,24)19-9-12-25(3)13-10-19/h4-9,14-15H,10-13,23-24H2,1-3H3/b21-8-. The number of nitrogens with zero attached hydrogens (tertiary/aromatic N) is 1. The van der Waals surface area contributed by atoms with E-state index in [-0.39, 0.29) is 5.54 Å². The molecule has 2 aromatic carbocycles. The largest absolute Gasteiger partial charge is 0.398 e. The molecular weight excluding hydrogens is 306 g/mol. The van der Waals surface area contributed by atoms with Crippen molar-refractivity contribution in [2.24, 2.45) is 11.5 Å². The molecule has 0 saturated carbocycles. The van der Waals surface area contributed by atoms with Crippen LogP contribution in [0.3, 0.4) is 0 Å². The summed E-state index contributed by atoms with van der Waals surface area (Å²) in [5, 5.41) is 2.46. The molecule has 25 heavy (non-hydrogen) atoms. The Bertz CT molecular complexity index is 830. The van der Waals surface area contributed by atoms with E-state index in [1.165, 1.54) is 21.9 Å². The number of aryl methyl sites for hydroxylation is 1. The maximum atomic E-state index is 6.60. The number of hydrogen-bond acceptors (Lipinski definition) is 3. The molecule has 1 aliphatic rings. The average molecular weight is 335 g/mol. The van der Waals surface area contributed by atoms with Crippen LogP contribution in [0, 0.1) is 6.92 Å². The van der Waals surface area contributed by atoms with Crippen LogP contribution >= 0.6 is 0 Å². The van der Waals surface area contributed by atoms with Crippen molar-refractivity contribution in [2.75, 3.05) is 20.1 Å². The highest BCUT2D eigenvalue weighted by Crippen LogP contribution is 2.27. The first-order valence-corrected chi connectivity index (χ1v) is 8.99. The maximum Gasteiger partial charge on any atom is 0.0376 e. The van der Waals surface area contributed by atoms with Crippen LogP contribution in [0.15, 0.2) is 54.1 Å². The lowest BCUT2D eigenvalue weighted by Crippen LogP contribution is -2.41. The number of hydrogen-bond donors (Lipinski definition) is 2. The van der Waals surface area contributed by atoms with E-state index in [2.05, 4.69) is 74.3 Å². The fraction of sp³-hybridized carbons (Fsp3) is 0.364. The molecule has 0 aromatic heterocycles. The number of likely N-dealkylation sites (N-methyl/N-ethyl adjacent to an activating group) is 1. The lowest BCUT2D eigenvalue weighted by Gasteiger charge is -2.32. The monoisotopic (exact) mass is 335 g/mol. The molecule has 1 unspecified atom stereocenters. The van der Waals surface area contributed by atoms with Crippen molar-refractivity contribution in [3.63, 3.8) is 0 Å². The quantitative estimate of drug-likeness (QED) is 0.835. The van der Waals surface area contributed by atoms with Crippen LogP contribution in [0.4, 0.5) is 0 Å². The topological polar surface area (TPSA) is 55.3 Å². The van der Waals surface area contributed by atoms with Crippen molar-refractivity contribution in [1.82, 2.24) is 4.90 Å². The smallest absolute Gasteiger partial charge is 0.0376 e. The summed E-state index contributed by atoms with van der Waals surface area (Å²) < 4.78 is 0. The molecule has 1 atom stereocenters. The number of nitrogens with two attached hydrogens (primary N) is 2. The first-order valence-electron chi connectivity index (χ1n) is 8.99. The number of rotatable bonds is 4. The SMILES string of the molecule is Cc1cc2ccccc2cc1/C(N)=C/CC(C)(N)C1=CCN(C)CC1. The molecular formula is C22H29N3. The second kappa shape index (κ2) is 7.03. The van der Waals surface area contributed by atoms with Gasteiger partial charge in [0.2, 0.25) is 0 Å². The number of benzene rings is 2. The van der Waals surface area contributed by atoms with Crippen LogP contribution in [-0.2, 0) is 0 Å². The van der Waals surface area contributed by atoms with Gasteiger partial charge in [-0.3, -0.25) is 0 Å². The van der Waals surface area contributed by atoms with Crippen LogP contribution in [-0.4, -0.2) is 30.6 Å². The van der Waals surface area contributed by atoms with Gasteiger partial charge < -0.3 is 16.4 Å². The van der Waals surface area contributed by atoms with Gasteiger partial charge in [0.1, 0.15) is 0 Å². The Morgan fingerprint density at radius 2 is 1.92 bits per heavy atom. The van der Waals surface area contributed by atoms with E-state index in [1.54, 1.807) is 0 Å². The first-order chi connectivity index (χ1) is 11.9. The molecule has 0 fully saturated rings. The van der Waals surface area contributed by atoms with E-state index < -0.39 is 0 Å². The van der Waals surface area contributed by atoms with Crippen molar-refractivity contribution >= 4 is 16.5 Å². The molecule has 4 N–H and O–H groups in total. The summed E-state index contributed by atoms with van der Waals surface area (Å²) in [5.41, 5.74) is 17.1. The third-order valence-corrected chi connectivity index (χ3v) is 5.30. The Hall–Kier alpha value is -2.10. The predicted molar refractivity (Wildman–Crippen MR) is 108 cm³/mol. The molecule has 0 spiro atoms. The number of fused-ring (bicyclic) bond motifs is 1. The summed E-state index contributed by atoms with van der Waals surface area (Å²) in [5.74, 6) is 0. The van der Waals surface area contributed by atoms with Crippen LogP contribution in [0.2, 0.25) is 0 Å². The van der Waals surface area contributed by atoms with Crippen LogP contribution in [0.5, 0.6) is 0 Å². The molecule has 2 aromatic rings. The van der Waals surface area contributed by atoms with Crippen LogP contribution < -0.4 is 11.5 Å². The van der Waals surface area contributed by atoms with Crippen molar-refractivity contribution in [2.45, 2.75) is 32.2 Å². The lowest BCUT2D eigenvalue weighted by molar-refractivity contribution is 0.342. The lowest BCUT2D eigenvalue weighted by atomic mass is 9.85. The van der Waals surface area contributed by atoms with E-state index in [0.29, 0.717) is 0 Å². The van der Waals surface area contributed by atoms with Gasteiger partial charge >= 0.3 is 0 Å². The summed E-state index contributed by atoms with van der Waals surface area (Å²) in [6, 6.07) is 12.8. The van der Waals surface area contributed by atoms with Crippen molar-refractivity contribution in [3.05, 3.63) is 65.3 Å². The summed E-state index contributed by atoms with van der Waals surface area (Å²) in [6.07, 6.45) is 6.15. The van der Waals surface area contributed by atoms with E-state index in [1.807, 2.05) is 0 Å². The summed E-state index contributed by atoms with van der Waals surface area (Å²) >= 11 is 0. The van der Waals surface area contributed by atoms with Gasteiger partial charge in [-0.2, -0.15) is 0 Å². The third kappa shape index (κ3) is 3.94. The van der Waals surface area contributed by atoms with E-state index in [4.69, 9.17) is 11.5 Å². The highest BCUT2D eigenvalue weighted by Gasteiger charge is 2.24. The molecule has 1 aliphatic heterocycles. The van der Waals surface area contributed by atoms with Gasteiger partial charge in [-0.1, -0.05) is 48.1 Å². The van der Waals surface area contributed by atoms with Gasteiger partial charge in [-0.15, -0.1) is 0 Å². The predicted octanol–water partition coefficient (Wildman–Crippen LogP) is 3.82. The van der Waals surface area contributed by atoms with Crippen molar-refractivity contribution < 1.29 is 0 Å². The van der Waals surface area contributed by atoms with Gasteiger partial charge in [-0.05, 0) is 56.1 Å². The van der Waals surface area contributed by atoms with Gasteiger partial charge in [0.05, 0.1) is 0 Å². The zero-order valence-electron chi connectivity index (χ0n) is 15.5. The molecule has 0 saturated heterocycles. The molecule has 132 valence electrons. The second-order valence-electron chi connectivity index (χ2n) is 7.54. The Morgan fingerprint density at radius 3 is 2.56 bits per heavy atom. The second-order valence-corrected chi connectivity index (χ2v) is 7.54. The van der Waals surface area contributed by atoms with Crippen molar-refractivity contribution in [1.29, 1.82) is 0 Å². The summed E-state index contributed by atoms with van der Waals surface area (Å²) in [7, 11) is 2.14. The van der Waals surface area contributed by atoms with Crippen LogP contribution in [0.25, 0.3) is 16.5 Å². The first kappa shape index (κ1) is 17.7. The molecule has 0 amide bonds. The van der Waals surface area contributed by atoms with Gasteiger partial charge in [0, 0.05) is 29.9 Å². The zero-order chi connectivity index (χ0) is 18.0. The maximum absolute atomic E-state index is 6.60. The van der Waals surface area contributed by atoms with E-state index in [0.717, 1.165) is 37.2 Å². The minimum atomic E-state index is -0.337. The molecule has 3 heteroatoms. The van der Waals surface area contributed by atoms with Gasteiger partial charge in [0.15, 0.2) is 0 Å². The molecule has 0 radical (unpaired) electrons. The molecule has 3 rings (SSSR count). The Morgan fingerprint density at radius 1 is 1.24 bits per heavy atom. The highest BCUT2D eigenvalue weighted by atomic mass is 15.1. The van der Waals surface area contributed by atoms with Gasteiger partial charge in [0.25, 0.3) is 0 Å². The minimum absolute atomic E-state index is 0.337. The zero-order valence-corrected chi connectivity index (χ0v) is 15.5. The third-order valence-electron chi connectivity index (χ3n) is 5.30. The normalized spacial score (nSPS) is 18.9. The summed E-state index contributed by atoms with van der Waals surface area (Å²) in [4.78, 5) is 2.31. The van der Waals surface area contributed by atoms with E-state index in [9.17, 15) is 0 Å². The Kier molecular flexibility index (Phi) is 4.98. The van der Waals surface area contributed by atoms with Crippen LogP contribution in [0.1, 0.15) is 30.9 Å². The molecule has 1 heterocycles. The average Bonchev–Trinajstić information content (AvgIpc) is 2.59. The highest BCUT2D eigenvalue weighted by molar-refractivity contribution is 5.87. The Labute approximate surface area is 151 Å². The Balaban J connectivity index is 1.83. The summed E-state index contributed by atoms with van der Waals surface area (Å²) in [6.45, 7) is 6.28. The van der Waals surface area contributed by atoms with Crippen molar-refractivity contribution in [3.8, 4) is 0 Å². The van der Waals surface area contributed by atoms with Gasteiger partial charge in [-0.25, -0.2) is 0 Å². The molecule has 0 aliphatic carbocycles. The fourth-order valence-electron chi connectivity index (χ4n) is 3.52. The fourth-order valence-corrected chi connectivity index (χ4v) is 3.52. The minimum Gasteiger partial charge on any atom is -0.398 e. The van der Waals surface area contributed by atoms with E-state index >= 15 is 0 Å².